The molecule has 10 nitrogen and oxygen atoms in total. The number of benzene rings is 1. The van der Waals surface area contributed by atoms with Crippen LogP contribution < -0.4 is 5.32 Å². The number of amides is 2. The molecule has 0 saturated carbocycles. The van der Waals surface area contributed by atoms with Crippen LogP contribution in [0.1, 0.15) is 54.4 Å². The summed E-state index contributed by atoms with van der Waals surface area (Å²) in [6, 6.07) is 6.83. The Bertz CT molecular complexity index is 1270. The first-order valence-corrected chi connectivity index (χ1v) is 15.5. The number of alkyl carbamates (subject to hydrolysis) is 1. The van der Waals surface area contributed by atoms with Gasteiger partial charge in [-0.05, 0) is 78.0 Å². The molecule has 1 fully saturated rings. The Balaban J connectivity index is 1.68. The Morgan fingerprint density at radius 3 is 2.36 bits per heavy atom. The van der Waals surface area contributed by atoms with E-state index in [9.17, 15) is 18.0 Å². The number of nitrogens with zero attached hydrogens (tertiary/aromatic N) is 3. The molecule has 1 aromatic carbocycles. The predicted octanol–water partition coefficient (Wildman–Crippen LogP) is 4.87. The summed E-state index contributed by atoms with van der Waals surface area (Å²) in [6.45, 7) is 12.7. The molecule has 1 aromatic heterocycles. The standard InChI is InChI=1S/C27H40N4O6S2/c1-26(2,3)36-24(32)29-13-18-38-23-22-10-9-21(19-20(22)11-12-28-23)39(34,35)31-15-8-7-14-30(16-17-31)25(33)37-27(4,5)6/h9-12,19H,7-8,13-18H2,1-6H3,(H,29,32). The maximum absolute atomic E-state index is 13.6. The number of carbonyl (C=O) groups excluding carboxylic acids is 2. The van der Waals surface area contributed by atoms with Gasteiger partial charge in [0.2, 0.25) is 10.0 Å². The first kappa shape index (κ1) is 31.0. The molecule has 1 saturated heterocycles. The summed E-state index contributed by atoms with van der Waals surface area (Å²) >= 11 is 1.47. The van der Waals surface area contributed by atoms with Crippen LogP contribution in [0.5, 0.6) is 0 Å². The number of pyridine rings is 1. The van der Waals surface area contributed by atoms with Gasteiger partial charge in [-0.15, -0.1) is 11.8 Å². The van der Waals surface area contributed by atoms with Gasteiger partial charge in [0.1, 0.15) is 16.2 Å². The summed E-state index contributed by atoms with van der Waals surface area (Å²) in [5, 5.41) is 5.07. The van der Waals surface area contributed by atoms with E-state index in [-0.39, 0.29) is 18.0 Å². The molecular weight excluding hydrogens is 540 g/mol. The van der Waals surface area contributed by atoms with Crippen LogP contribution in [0, 0.1) is 0 Å². The van der Waals surface area contributed by atoms with Crippen LogP contribution >= 0.6 is 11.8 Å². The molecular formula is C27H40N4O6S2. The van der Waals surface area contributed by atoms with Crippen LogP contribution in [0.25, 0.3) is 10.8 Å². The van der Waals surface area contributed by atoms with Crippen LogP contribution in [0.4, 0.5) is 9.59 Å². The number of sulfonamides is 1. The molecule has 3 rings (SSSR count). The number of aromatic nitrogens is 1. The van der Waals surface area contributed by atoms with Crippen molar-refractivity contribution in [3.8, 4) is 0 Å². The van der Waals surface area contributed by atoms with Gasteiger partial charge in [0.15, 0.2) is 0 Å². The molecule has 0 aliphatic carbocycles. The highest BCUT2D eigenvalue weighted by molar-refractivity contribution is 7.99. The van der Waals surface area contributed by atoms with Gasteiger partial charge in [0.25, 0.3) is 0 Å². The van der Waals surface area contributed by atoms with Gasteiger partial charge in [0, 0.05) is 50.1 Å². The number of hydrogen-bond donors (Lipinski definition) is 1. The van der Waals surface area contributed by atoms with Crippen molar-refractivity contribution in [2.75, 3.05) is 38.5 Å². The lowest BCUT2D eigenvalue weighted by Crippen LogP contribution is -2.45. The highest BCUT2D eigenvalue weighted by atomic mass is 32.2. The topological polar surface area (TPSA) is 118 Å². The Hall–Kier alpha value is -2.57. The Labute approximate surface area is 235 Å². The van der Waals surface area contributed by atoms with Crippen molar-refractivity contribution in [2.24, 2.45) is 0 Å². The summed E-state index contributed by atoms with van der Waals surface area (Å²) in [7, 11) is -3.77. The van der Waals surface area contributed by atoms with Gasteiger partial charge in [-0.25, -0.2) is 23.0 Å². The van der Waals surface area contributed by atoms with Crippen molar-refractivity contribution in [3.05, 3.63) is 30.5 Å². The Morgan fingerprint density at radius 2 is 1.67 bits per heavy atom. The SMILES string of the molecule is CC(C)(C)OC(=O)NCCSc1nccc2cc(S(=O)(=O)N3CCCCN(C(=O)OC(C)(C)C)CC3)ccc12. The molecule has 0 unspecified atom stereocenters. The van der Waals surface area contributed by atoms with Gasteiger partial charge in [0.05, 0.1) is 4.90 Å². The van der Waals surface area contributed by atoms with Crippen LogP contribution in [0.2, 0.25) is 0 Å². The zero-order chi connectivity index (χ0) is 28.8. The normalized spacial score (nSPS) is 15.9. The average molecular weight is 581 g/mol. The zero-order valence-corrected chi connectivity index (χ0v) is 25.3. The second-order valence-electron chi connectivity index (χ2n) is 11.4. The smallest absolute Gasteiger partial charge is 0.410 e. The number of nitrogens with one attached hydrogen (secondary N) is 1. The minimum Gasteiger partial charge on any atom is -0.444 e. The molecule has 0 atom stereocenters. The first-order chi connectivity index (χ1) is 18.2. The third-order valence-electron chi connectivity index (χ3n) is 5.70. The highest BCUT2D eigenvalue weighted by Crippen LogP contribution is 2.29. The zero-order valence-electron chi connectivity index (χ0n) is 23.7. The summed E-state index contributed by atoms with van der Waals surface area (Å²) < 4.78 is 39.3. The van der Waals surface area contributed by atoms with E-state index in [2.05, 4.69) is 10.3 Å². The van der Waals surface area contributed by atoms with E-state index in [1.165, 1.54) is 16.1 Å². The van der Waals surface area contributed by atoms with Crippen LogP contribution in [-0.4, -0.2) is 84.5 Å². The van der Waals surface area contributed by atoms with Gasteiger partial charge < -0.3 is 19.7 Å². The molecule has 0 spiro atoms. The number of rotatable bonds is 6. The summed E-state index contributed by atoms with van der Waals surface area (Å²) in [5.41, 5.74) is -1.17. The highest BCUT2D eigenvalue weighted by Gasteiger charge is 2.29. The second kappa shape index (κ2) is 12.7. The molecule has 0 bridgehead atoms. The van der Waals surface area contributed by atoms with Gasteiger partial charge >= 0.3 is 12.2 Å². The van der Waals surface area contributed by atoms with Crippen molar-refractivity contribution in [2.45, 2.75) is 75.5 Å². The third kappa shape index (κ3) is 9.25. The quantitative estimate of drug-likeness (QED) is 0.380. The molecule has 1 N–H and O–H groups in total. The van der Waals surface area contributed by atoms with Gasteiger partial charge in [-0.1, -0.05) is 6.07 Å². The first-order valence-electron chi connectivity index (χ1n) is 13.1. The Morgan fingerprint density at radius 1 is 0.974 bits per heavy atom. The predicted molar refractivity (Wildman–Crippen MR) is 153 cm³/mol. The summed E-state index contributed by atoms with van der Waals surface area (Å²) in [5.74, 6) is 0.577. The number of carbonyl (C=O) groups is 2. The van der Waals surface area contributed by atoms with Gasteiger partial charge in [-0.3, -0.25) is 0 Å². The lowest BCUT2D eigenvalue weighted by molar-refractivity contribution is 0.0228. The van der Waals surface area contributed by atoms with Crippen molar-refractivity contribution < 1.29 is 27.5 Å². The minimum atomic E-state index is -3.77. The maximum atomic E-state index is 13.6. The lowest BCUT2D eigenvalue weighted by Gasteiger charge is -2.32. The van der Waals surface area contributed by atoms with E-state index in [0.717, 1.165) is 15.8 Å². The van der Waals surface area contributed by atoms with E-state index in [1.807, 2.05) is 41.5 Å². The fourth-order valence-corrected chi connectivity index (χ4v) is 6.34. The molecule has 2 amide bonds. The molecule has 216 valence electrons. The molecule has 1 aliphatic rings. The van der Waals surface area contributed by atoms with Crippen LogP contribution in [0.15, 0.2) is 40.4 Å². The monoisotopic (exact) mass is 580 g/mol. The van der Waals surface area contributed by atoms with Crippen molar-refractivity contribution in [1.29, 1.82) is 0 Å². The van der Waals surface area contributed by atoms with E-state index < -0.39 is 33.4 Å². The third-order valence-corrected chi connectivity index (χ3v) is 8.60. The lowest BCUT2D eigenvalue weighted by atomic mass is 10.2. The number of fused-ring (bicyclic) bond motifs is 1. The molecule has 1 aliphatic heterocycles. The van der Waals surface area contributed by atoms with Crippen LogP contribution in [-0.2, 0) is 19.5 Å². The molecule has 2 aromatic rings. The van der Waals surface area contributed by atoms with Crippen molar-refractivity contribution >= 4 is 44.7 Å². The summed E-state index contributed by atoms with van der Waals surface area (Å²) in [4.78, 5) is 30.6. The number of hydrogen-bond acceptors (Lipinski definition) is 8. The molecule has 2 heterocycles. The molecule has 39 heavy (non-hydrogen) atoms. The molecule has 0 radical (unpaired) electrons. The van der Waals surface area contributed by atoms with Crippen molar-refractivity contribution in [1.82, 2.24) is 19.5 Å². The number of thioether (sulfide) groups is 1. The maximum Gasteiger partial charge on any atom is 0.410 e. The van der Waals surface area contributed by atoms with E-state index in [1.54, 1.807) is 35.4 Å². The second-order valence-corrected chi connectivity index (χ2v) is 14.4. The van der Waals surface area contributed by atoms with Crippen molar-refractivity contribution in [3.63, 3.8) is 0 Å². The minimum absolute atomic E-state index is 0.196. The van der Waals surface area contributed by atoms with Crippen LogP contribution in [0.3, 0.4) is 0 Å². The fourth-order valence-electron chi connectivity index (χ4n) is 3.96. The van der Waals surface area contributed by atoms with Gasteiger partial charge in [-0.2, -0.15) is 4.31 Å². The fraction of sp³-hybridized carbons (Fsp3) is 0.593. The average Bonchev–Trinajstić information content (AvgIpc) is 2.79. The molecule has 12 heteroatoms. The summed E-state index contributed by atoms with van der Waals surface area (Å²) in [6.07, 6.45) is 2.09. The van der Waals surface area contributed by atoms with E-state index in [4.69, 9.17) is 9.47 Å². The number of ether oxygens (including phenoxy) is 2. The Kier molecular flexibility index (Phi) is 10.1. The van der Waals surface area contributed by atoms with E-state index in [0.29, 0.717) is 38.2 Å². The van der Waals surface area contributed by atoms with E-state index >= 15 is 0 Å². The largest absolute Gasteiger partial charge is 0.444 e.